The van der Waals surface area contributed by atoms with E-state index in [4.69, 9.17) is 5.11 Å². The standard InChI is InChI=1S/C12H20N6O/c1-3-5-13-12-16-10-9(14-8-15-10)11(17-12)18(4-2)6-7-19/h8,19H,3-7H2,1-2H3,(H2,13,14,15,16,17). The fraction of sp³-hybridized carbons (Fsp3) is 0.583. The molecule has 0 aliphatic rings. The fourth-order valence-corrected chi connectivity index (χ4v) is 1.90. The van der Waals surface area contributed by atoms with E-state index in [0.717, 1.165) is 30.8 Å². The second-order valence-corrected chi connectivity index (χ2v) is 4.20. The van der Waals surface area contributed by atoms with E-state index in [9.17, 15) is 0 Å². The Morgan fingerprint density at radius 3 is 2.89 bits per heavy atom. The largest absolute Gasteiger partial charge is 0.395 e. The molecule has 7 nitrogen and oxygen atoms in total. The molecule has 0 aliphatic heterocycles. The van der Waals surface area contributed by atoms with Crippen LogP contribution >= 0.6 is 0 Å². The molecule has 0 saturated carbocycles. The van der Waals surface area contributed by atoms with Crippen LogP contribution in [0.4, 0.5) is 11.8 Å². The summed E-state index contributed by atoms with van der Waals surface area (Å²) in [6, 6.07) is 0. The normalized spacial score (nSPS) is 10.9. The monoisotopic (exact) mass is 264 g/mol. The maximum absolute atomic E-state index is 9.14. The minimum absolute atomic E-state index is 0.0885. The number of nitrogens with zero attached hydrogens (tertiary/aromatic N) is 4. The second-order valence-electron chi connectivity index (χ2n) is 4.20. The van der Waals surface area contributed by atoms with Crippen molar-refractivity contribution >= 4 is 22.9 Å². The summed E-state index contributed by atoms with van der Waals surface area (Å²) in [7, 11) is 0. The first kappa shape index (κ1) is 13.5. The predicted molar refractivity (Wildman–Crippen MR) is 75.4 cm³/mol. The number of aliphatic hydroxyl groups excluding tert-OH is 1. The SMILES string of the molecule is CCCNc1nc(N(CC)CCO)c2[nH]cnc2n1. The van der Waals surface area contributed by atoms with E-state index in [1.54, 1.807) is 6.33 Å². The summed E-state index contributed by atoms with van der Waals surface area (Å²) in [5.74, 6) is 1.35. The van der Waals surface area contributed by atoms with Crippen molar-refractivity contribution in [2.45, 2.75) is 20.3 Å². The Labute approximate surface area is 112 Å². The van der Waals surface area contributed by atoms with Gasteiger partial charge in [-0.2, -0.15) is 9.97 Å². The summed E-state index contributed by atoms with van der Waals surface area (Å²) >= 11 is 0. The summed E-state index contributed by atoms with van der Waals surface area (Å²) in [6.45, 7) is 6.32. The van der Waals surface area contributed by atoms with Crippen LogP contribution in [0.15, 0.2) is 6.33 Å². The minimum atomic E-state index is 0.0885. The Morgan fingerprint density at radius 1 is 1.37 bits per heavy atom. The molecule has 2 heterocycles. The first-order valence-electron chi connectivity index (χ1n) is 6.60. The average molecular weight is 264 g/mol. The van der Waals surface area contributed by atoms with Gasteiger partial charge in [0.25, 0.3) is 0 Å². The van der Waals surface area contributed by atoms with Gasteiger partial charge in [-0.15, -0.1) is 0 Å². The quantitative estimate of drug-likeness (QED) is 0.691. The number of imidazole rings is 1. The van der Waals surface area contributed by atoms with Crippen LogP contribution in [0.2, 0.25) is 0 Å². The lowest BCUT2D eigenvalue weighted by molar-refractivity contribution is 0.302. The molecule has 7 heteroatoms. The molecule has 104 valence electrons. The van der Waals surface area contributed by atoms with Crippen molar-refractivity contribution in [1.82, 2.24) is 19.9 Å². The molecule has 0 spiro atoms. The van der Waals surface area contributed by atoms with Crippen LogP contribution in [0.3, 0.4) is 0 Å². The van der Waals surface area contributed by atoms with Gasteiger partial charge in [-0.1, -0.05) is 6.92 Å². The Bertz CT molecular complexity index is 526. The van der Waals surface area contributed by atoms with Crippen LogP contribution in [0.5, 0.6) is 0 Å². The molecule has 0 unspecified atom stereocenters. The maximum atomic E-state index is 9.14. The summed E-state index contributed by atoms with van der Waals surface area (Å²) in [6.07, 6.45) is 2.62. The van der Waals surface area contributed by atoms with Gasteiger partial charge >= 0.3 is 0 Å². The number of aromatic nitrogens is 4. The molecule has 3 N–H and O–H groups in total. The lowest BCUT2D eigenvalue weighted by Gasteiger charge is -2.21. The summed E-state index contributed by atoms with van der Waals surface area (Å²) in [5, 5.41) is 12.3. The maximum Gasteiger partial charge on any atom is 0.226 e. The number of aliphatic hydroxyl groups is 1. The topological polar surface area (TPSA) is 90.0 Å². The third-order valence-electron chi connectivity index (χ3n) is 2.85. The summed E-state index contributed by atoms with van der Waals surface area (Å²) < 4.78 is 0. The number of H-pyrrole nitrogens is 1. The van der Waals surface area contributed by atoms with E-state index in [0.29, 0.717) is 18.1 Å². The molecule has 0 aromatic carbocycles. The van der Waals surface area contributed by atoms with E-state index >= 15 is 0 Å². The Morgan fingerprint density at radius 2 is 2.21 bits per heavy atom. The van der Waals surface area contributed by atoms with Crippen molar-refractivity contribution in [3.8, 4) is 0 Å². The van der Waals surface area contributed by atoms with Gasteiger partial charge in [0.1, 0.15) is 5.52 Å². The number of anilines is 2. The molecule has 0 bridgehead atoms. The average Bonchev–Trinajstić information content (AvgIpc) is 2.90. The Balaban J connectivity index is 2.40. The zero-order chi connectivity index (χ0) is 13.7. The molecule has 0 amide bonds. The molecule has 19 heavy (non-hydrogen) atoms. The van der Waals surface area contributed by atoms with E-state index in [2.05, 4.69) is 32.2 Å². The van der Waals surface area contributed by atoms with Gasteiger partial charge in [0.15, 0.2) is 11.5 Å². The molecular weight excluding hydrogens is 244 g/mol. The first-order chi connectivity index (χ1) is 9.30. The zero-order valence-corrected chi connectivity index (χ0v) is 11.3. The molecule has 0 fully saturated rings. The summed E-state index contributed by atoms with van der Waals surface area (Å²) in [4.78, 5) is 18.1. The van der Waals surface area contributed by atoms with Crippen molar-refractivity contribution in [3.63, 3.8) is 0 Å². The molecule has 0 radical (unpaired) electrons. The fourth-order valence-electron chi connectivity index (χ4n) is 1.90. The lowest BCUT2D eigenvalue weighted by atomic mass is 10.4. The van der Waals surface area contributed by atoms with Crippen LogP contribution in [0.1, 0.15) is 20.3 Å². The molecule has 0 saturated heterocycles. The minimum Gasteiger partial charge on any atom is -0.395 e. The van der Waals surface area contributed by atoms with Gasteiger partial charge in [0, 0.05) is 19.6 Å². The highest BCUT2D eigenvalue weighted by Gasteiger charge is 2.14. The van der Waals surface area contributed by atoms with E-state index in [1.807, 2.05) is 11.8 Å². The highest BCUT2D eigenvalue weighted by atomic mass is 16.3. The van der Waals surface area contributed by atoms with Gasteiger partial charge < -0.3 is 20.3 Å². The van der Waals surface area contributed by atoms with Gasteiger partial charge in [0.05, 0.1) is 12.9 Å². The zero-order valence-electron chi connectivity index (χ0n) is 11.3. The van der Waals surface area contributed by atoms with Crippen LogP contribution in [0, 0.1) is 0 Å². The molecule has 2 aromatic heterocycles. The number of hydrogen-bond donors (Lipinski definition) is 3. The number of aromatic amines is 1. The van der Waals surface area contributed by atoms with Crippen LogP contribution in [-0.4, -0.2) is 51.3 Å². The molecular formula is C12H20N6O. The second kappa shape index (κ2) is 6.33. The molecule has 2 rings (SSSR count). The highest BCUT2D eigenvalue weighted by molar-refractivity contribution is 5.84. The van der Waals surface area contributed by atoms with Crippen LogP contribution in [-0.2, 0) is 0 Å². The van der Waals surface area contributed by atoms with E-state index in [1.165, 1.54) is 0 Å². The molecule has 0 atom stereocenters. The van der Waals surface area contributed by atoms with Crippen molar-refractivity contribution in [2.75, 3.05) is 36.5 Å². The van der Waals surface area contributed by atoms with Crippen molar-refractivity contribution in [3.05, 3.63) is 6.33 Å². The van der Waals surface area contributed by atoms with Crippen molar-refractivity contribution < 1.29 is 5.11 Å². The third kappa shape index (κ3) is 2.93. The molecule has 0 aliphatic carbocycles. The van der Waals surface area contributed by atoms with Crippen molar-refractivity contribution in [1.29, 1.82) is 0 Å². The van der Waals surface area contributed by atoms with Gasteiger partial charge in [-0.3, -0.25) is 0 Å². The summed E-state index contributed by atoms with van der Waals surface area (Å²) in [5.41, 5.74) is 1.44. The van der Waals surface area contributed by atoms with Crippen molar-refractivity contribution in [2.24, 2.45) is 0 Å². The van der Waals surface area contributed by atoms with Gasteiger partial charge in [-0.05, 0) is 13.3 Å². The first-order valence-corrected chi connectivity index (χ1v) is 6.60. The van der Waals surface area contributed by atoms with E-state index in [-0.39, 0.29) is 6.61 Å². The van der Waals surface area contributed by atoms with Gasteiger partial charge in [-0.25, -0.2) is 4.98 Å². The highest BCUT2D eigenvalue weighted by Crippen LogP contribution is 2.22. The number of nitrogens with one attached hydrogen (secondary N) is 2. The predicted octanol–water partition coefficient (Wildman–Crippen LogP) is 0.993. The van der Waals surface area contributed by atoms with E-state index < -0.39 is 0 Å². The number of fused-ring (bicyclic) bond motifs is 1. The Kier molecular flexibility index (Phi) is 4.51. The smallest absolute Gasteiger partial charge is 0.226 e. The van der Waals surface area contributed by atoms with Gasteiger partial charge in [0.2, 0.25) is 5.95 Å². The van der Waals surface area contributed by atoms with Crippen LogP contribution in [0.25, 0.3) is 11.2 Å². The Hall–Kier alpha value is -1.89. The van der Waals surface area contributed by atoms with Crippen LogP contribution < -0.4 is 10.2 Å². The molecule has 2 aromatic rings. The number of rotatable bonds is 7. The number of likely N-dealkylation sites (N-methyl/N-ethyl adjacent to an activating group) is 1. The number of hydrogen-bond acceptors (Lipinski definition) is 6. The third-order valence-corrected chi connectivity index (χ3v) is 2.85. The lowest BCUT2D eigenvalue weighted by Crippen LogP contribution is -2.27.